The summed E-state index contributed by atoms with van der Waals surface area (Å²) >= 11 is 13.8. The Hall–Kier alpha value is -1.03. The molecule has 2 aromatic rings. The van der Waals surface area contributed by atoms with Gasteiger partial charge in [-0.3, -0.25) is 4.79 Å². The van der Waals surface area contributed by atoms with Gasteiger partial charge in [0.2, 0.25) is 0 Å². The Balaban J connectivity index is 1.73. The molecule has 1 fully saturated rings. The molecule has 2 nitrogen and oxygen atoms in total. The van der Waals surface area contributed by atoms with Gasteiger partial charge in [-0.15, -0.1) is 34.5 Å². The normalized spacial score (nSPS) is 23.4. The van der Waals surface area contributed by atoms with E-state index in [-0.39, 0.29) is 11.3 Å². The third kappa shape index (κ3) is 2.34. The quantitative estimate of drug-likeness (QED) is 0.804. The zero-order valence-electron chi connectivity index (χ0n) is 10.8. The van der Waals surface area contributed by atoms with Crippen molar-refractivity contribution in [2.75, 3.05) is 5.32 Å². The Morgan fingerprint density at radius 3 is 2.40 bits per heavy atom. The van der Waals surface area contributed by atoms with Crippen molar-refractivity contribution in [1.29, 1.82) is 0 Å². The summed E-state index contributed by atoms with van der Waals surface area (Å²) in [4.78, 5) is 12.6. The maximum atomic E-state index is 11.9. The number of hydrogen-bond acceptors (Lipinski definition) is 2. The Bertz CT molecular complexity index is 636. The Kier molecular flexibility index (Phi) is 3.32. The molecular weight excluding hydrogens is 313 g/mol. The van der Waals surface area contributed by atoms with Gasteiger partial charge in [0.1, 0.15) is 4.33 Å². The van der Waals surface area contributed by atoms with Crippen molar-refractivity contribution in [3.8, 4) is 0 Å². The van der Waals surface area contributed by atoms with E-state index in [2.05, 4.69) is 5.32 Å². The molecule has 104 valence electrons. The second-order valence-electron chi connectivity index (χ2n) is 5.22. The highest BCUT2D eigenvalue weighted by atomic mass is 35.5. The first-order chi connectivity index (χ1) is 9.42. The lowest BCUT2D eigenvalue weighted by Crippen LogP contribution is -2.12. The van der Waals surface area contributed by atoms with Crippen LogP contribution in [0.25, 0.3) is 0 Å². The zero-order chi connectivity index (χ0) is 14.4. The average molecular weight is 326 g/mol. The Labute approximate surface area is 131 Å². The molecule has 1 N–H and O–H groups in total. The minimum absolute atomic E-state index is 0.0885. The van der Waals surface area contributed by atoms with Crippen molar-refractivity contribution in [1.82, 2.24) is 0 Å². The molecule has 5 heteroatoms. The van der Waals surface area contributed by atoms with Gasteiger partial charge in [-0.25, -0.2) is 0 Å². The highest BCUT2D eigenvalue weighted by Gasteiger charge is 2.63. The summed E-state index contributed by atoms with van der Waals surface area (Å²) in [5, 5.41) is 4.75. The second-order valence-corrected chi connectivity index (χ2v) is 7.65. The summed E-state index contributed by atoms with van der Waals surface area (Å²) in [5.74, 6) is -0.0885. The van der Waals surface area contributed by atoms with Crippen LogP contribution in [0.2, 0.25) is 0 Å². The monoisotopic (exact) mass is 325 g/mol. The van der Waals surface area contributed by atoms with Crippen LogP contribution in [0.4, 0.5) is 5.69 Å². The van der Waals surface area contributed by atoms with Crippen molar-refractivity contribution in [2.24, 2.45) is 0 Å². The van der Waals surface area contributed by atoms with E-state index in [0.717, 1.165) is 17.7 Å². The van der Waals surface area contributed by atoms with Crippen molar-refractivity contribution in [3.63, 3.8) is 0 Å². The van der Waals surface area contributed by atoms with Gasteiger partial charge in [0.25, 0.3) is 5.91 Å². The molecule has 0 radical (unpaired) electrons. The molecular formula is C15H13Cl2NOS. The molecule has 1 atom stereocenters. The van der Waals surface area contributed by atoms with E-state index in [9.17, 15) is 4.79 Å². The number of alkyl halides is 2. The van der Waals surface area contributed by atoms with E-state index in [1.807, 2.05) is 42.6 Å². The van der Waals surface area contributed by atoms with E-state index >= 15 is 0 Å². The van der Waals surface area contributed by atoms with Gasteiger partial charge in [-0.1, -0.05) is 25.1 Å². The maximum absolute atomic E-state index is 11.9. The number of nitrogens with one attached hydrogen (secondary N) is 1. The largest absolute Gasteiger partial charge is 0.321 e. The van der Waals surface area contributed by atoms with Crippen LogP contribution in [0.1, 0.15) is 28.6 Å². The zero-order valence-corrected chi connectivity index (χ0v) is 13.1. The highest BCUT2D eigenvalue weighted by Crippen LogP contribution is 2.64. The summed E-state index contributed by atoms with van der Waals surface area (Å²) in [6, 6.07) is 11.4. The van der Waals surface area contributed by atoms with Gasteiger partial charge in [0.05, 0.1) is 4.88 Å². The lowest BCUT2D eigenvalue weighted by atomic mass is 9.98. The molecule has 1 amide bonds. The molecule has 1 aliphatic rings. The van der Waals surface area contributed by atoms with E-state index in [0.29, 0.717) is 4.88 Å². The predicted octanol–water partition coefficient (Wildman–Crippen LogP) is 4.84. The van der Waals surface area contributed by atoms with E-state index in [4.69, 9.17) is 23.2 Å². The molecule has 1 aromatic carbocycles. The number of carbonyl (C=O) groups excluding carboxylic acids is 1. The minimum Gasteiger partial charge on any atom is -0.321 e. The number of rotatable bonds is 3. The van der Waals surface area contributed by atoms with Gasteiger partial charge in [-0.05, 0) is 35.6 Å². The first kappa shape index (κ1) is 13.9. The van der Waals surface area contributed by atoms with Crippen LogP contribution in [0.15, 0.2) is 41.8 Å². The van der Waals surface area contributed by atoms with Crippen LogP contribution in [-0.4, -0.2) is 10.2 Å². The molecule has 0 saturated heterocycles. The molecule has 1 heterocycles. The molecule has 0 aliphatic heterocycles. The lowest BCUT2D eigenvalue weighted by Gasteiger charge is -2.13. The third-order valence-electron chi connectivity index (χ3n) is 3.78. The summed E-state index contributed by atoms with van der Waals surface area (Å²) in [7, 11) is 0. The molecule has 0 spiro atoms. The number of anilines is 1. The number of benzene rings is 1. The molecule has 1 unspecified atom stereocenters. The molecule has 3 rings (SSSR count). The van der Waals surface area contributed by atoms with Gasteiger partial charge in [0, 0.05) is 11.1 Å². The van der Waals surface area contributed by atoms with Crippen LogP contribution in [-0.2, 0) is 5.41 Å². The lowest BCUT2D eigenvalue weighted by molar-refractivity contribution is 0.103. The summed E-state index contributed by atoms with van der Waals surface area (Å²) in [5.41, 5.74) is 1.68. The smallest absolute Gasteiger partial charge is 0.265 e. The first-order valence-corrected chi connectivity index (χ1v) is 7.89. The third-order valence-corrected chi connectivity index (χ3v) is 5.75. The SMILES string of the molecule is CC1(c2ccc(NC(=O)c3cccs3)cc2)CC1(Cl)Cl. The Morgan fingerprint density at radius 2 is 1.90 bits per heavy atom. The highest BCUT2D eigenvalue weighted by molar-refractivity contribution is 7.12. The number of halogens is 2. The van der Waals surface area contributed by atoms with Crippen LogP contribution in [0, 0.1) is 0 Å². The summed E-state index contributed by atoms with van der Waals surface area (Å²) < 4.78 is -0.672. The van der Waals surface area contributed by atoms with Crippen molar-refractivity contribution in [3.05, 3.63) is 52.2 Å². The van der Waals surface area contributed by atoms with E-state index in [1.54, 1.807) is 6.07 Å². The van der Waals surface area contributed by atoms with Crippen molar-refractivity contribution < 1.29 is 4.79 Å². The van der Waals surface area contributed by atoms with Gasteiger partial charge < -0.3 is 5.32 Å². The maximum Gasteiger partial charge on any atom is 0.265 e. The molecule has 1 saturated carbocycles. The van der Waals surface area contributed by atoms with E-state index < -0.39 is 4.33 Å². The standard InChI is InChI=1S/C15H13Cl2NOS/c1-14(9-15(14,16)17)10-4-6-11(7-5-10)18-13(19)12-3-2-8-20-12/h2-8H,9H2,1H3,(H,18,19). The van der Waals surface area contributed by atoms with Crippen LogP contribution in [0.3, 0.4) is 0 Å². The van der Waals surface area contributed by atoms with Gasteiger partial charge in [-0.2, -0.15) is 0 Å². The van der Waals surface area contributed by atoms with Crippen molar-refractivity contribution >= 4 is 46.1 Å². The number of amides is 1. The number of thiophene rings is 1. The van der Waals surface area contributed by atoms with E-state index in [1.165, 1.54) is 11.3 Å². The van der Waals surface area contributed by atoms with Crippen molar-refractivity contribution in [2.45, 2.75) is 23.1 Å². The van der Waals surface area contributed by atoms with Crippen LogP contribution >= 0.6 is 34.5 Å². The Morgan fingerprint density at radius 1 is 1.25 bits per heavy atom. The first-order valence-electron chi connectivity index (χ1n) is 6.26. The molecule has 20 heavy (non-hydrogen) atoms. The topological polar surface area (TPSA) is 29.1 Å². The fourth-order valence-corrected chi connectivity index (χ4v) is 3.61. The van der Waals surface area contributed by atoms with Gasteiger partial charge in [0.15, 0.2) is 0 Å². The molecule has 0 bridgehead atoms. The minimum atomic E-state index is -0.672. The fraction of sp³-hybridized carbons (Fsp3) is 0.267. The average Bonchev–Trinajstić information content (AvgIpc) is 2.83. The number of carbonyl (C=O) groups is 1. The van der Waals surface area contributed by atoms with Gasteiger partial charge >= 0.3 is 0 Å². The second kappa shape index (κ2) is 4.76. The fourth-order valence-electron chi connectivity index (χ4n) is 2.23. The summed E-state index contributed by atoms with van der Waals surface area (Å²) in [6.07, 6.45) is 0.754. The summed E-state index contributed by atoms with van der Waals surface area (Å²) in [6.45, 7) is 2.05. The predicted molar refractivity (Wildman–Crippen MR) is 85.1 cm³/mol. The van der Waals surface area contributed by atoms with Crippen LogP contribution in [0.5, 0.6) is 0 Å². The number of hydrogen-bond donors (Lipinski definition) is 1. The molecule has 1 aliphatic carbocycles. The molecule has 1 aromatic heterocycles. The van der Waals surface area contributed by atoms with Crippen LogP contribution < -0.4 is 5.32 Å².